The van der Waals surface area contributed by atoms with E-state index in [0.717, 1.165) is 17.8 Å². The van der Waals surface area contributed by atoms with Crippen molar-refractivity contribution in [1.82, 2.24) is 4.98 Å². The first-order valence-corrected chi connectivity index (χ1v) is 6.83. The van der Waals surface area contributed by atoms with Crippen molar-refractivity contribution >= 4 is 11.8 Å². The number of pyridine rings is 1. The van der Waals surface area contributed by atoms with Gasteiger partial charge >= 0.3 is 6.18 Å². The molecule has 0 radical (unpaired) electrons. The Labute approximate surface area is 119 Å². The number of rotatable bonds is 4. The summed E-state index contributed by atoms with van der Waals surface area (Å²) in [5.41, 5.74) is 6.01. The second kappa shape index (κ2) is 6.28. The van der Waals surface area contributed by atoms with E-state index >= 15 is 0 Å². The summed E-state index contributed by atoms with van der Waals surface area (Å²) in [6.45, 7) is 0.386. The van der Waals surface area contributed by atoms with Gasteiger partial charge in [-0.2, -0.15) is 13.2 Å². The first kappa shape index (κ1) is 14.9. The predicted molar refractivity (Wildman–Crippen MR) is 73.3 cm³/mol. The highest BCUT2D eigenvalue weighted by molar-refractivity contribution is 7.99. The minimum Gasteiger partial charge on any atom is -0.329 e. The molecule has 1 unspecified atom stereocenters. The van der Waals surface area contributed by atoms with E-state index in [4.69, 9.17) is 5.73 Å². The van der Waals surface area contributed by atoms with Crippen LogP contribution in [0.2, 0.25) is 0 Å². The number of halogens is 3. The molecule has 6 heteroatoms. The van der Waals surface area contributed by atoms with Crippen molar-refractivity contribution in [1.29, 1.82) is 0 Å². The fourth-order valence-electron chi connectivity index (χ4n) is 1.68. The lowest BCUT2D eigenvalue weighted by Gasteiger charge is -2.14. The summed E-state index contributed by atoms with van der Waals surface area (Å²) in [4.78, 5) is 3.85. The van der Waals surface area contributed by atoms with Gasteiger partial charge < -0.3 is 5.73 Å². The van der Waals surface area contributed by atoms with E-state index in [-0.39, 0.29) is 5.25 Å². The fraction of sp³-hybridized carbons (Fsp3) is 0.214. The SMILES string of the molecule is NCC(Sc1ccc(C(F)(F)F)cn1)c1ccccc1. The predicted octanol–water partition coefficient (Wildman–Crippen LogP) is 3.89. The van der Waals surface area contributed by atoms with Crippen LogP contribution in [0.1, 0.15) is 16.4 Å². The van der Waals surface area contributed by atoms with Gasteiger partial charge in [-0.25, -0.2) is 4.98 Å². The molecule has 2 aromatic rings. The Hall–Kier alpha value is -1.53. The molecule has 1 aromatic carbocycles. The van der Waals surface area contributed by atoms with Crippen molar-refractivity contribution in [2.75, 3.05) is 6.54 Å². The third kappa shape index (κ3) is 3.74. The lowest BCUT2D eigenvalue weighted by atomic mass is 10.1. The Kier molecular flexibility index (Phi) is 4.67. The molecule has 0 fully saturated rings. The molecule has 1 atom stereocenters. The smallest absolute Gasteiger partial charge is 0.329 e. The molecule has 106 valence electrons. The first-order chi connectivity index (χ1) is 9.50. The van der Waals surface area contributed by atoms with Gasteiger partial charge in [0.05, 0.1) is 10.6 Å². The van der Waals surface area contributed by atoms with Crippen LogP contribution in [-0.2, 0) is 6.18 Å². The van der Waals surface area contributed by atoms with Crippen LogP contribution < -0.4 is 5.73 Å². The van der Waals surface area contributed by atoms with Gasteiger partial charge in [0.2, 0.25) is 0 Å². The third-order valence-electron chi connectivity index (χ3n) is 2.71. The van der Waals surface area contributed by atoms with Crippen molar-refractivity contribution in [3.63, 3.8) is 0 Å². The standard InChI is InChI=1S/C14H13F3N2S/c15-14(16,17)11-6-7-13(19-9-11)20-12(8-18)10-4-2-1-3-5-10/h1-7,9,12H,8,18H2. The Morgan fingerprint density at radius 1 is 1.10 bits per heavy atom. The summed E-state index contributed by atoms with van der Waals surface area (Å²) in [5.74, 6) is 0. The van der Waals surface area contributed by atoms with Gasteiger partial charge in [-0.05, 0) is 17.7 Å². The van der Waals surface area contributed by atoms with E-state index in [1.54, 1.807) is 0 Å². The van der Waals surface area contributed by atoms with E-state index < -0.39 is 11.7 Å². The Morgan fingerprint density at radius 3 is 2.30 bits per heavy atom. The average Bonchev–Trinajstić information content (AvgIpc) is 2.45. The fourth-order valence-corrected chi connectivity index (χ4v) is 2.62. The molecule has 0 saturated carbocycles. The number of hydrogen-bond acceptors (Lipinski definition) is 3. The Morgan fingerprint density at radius 2 is 1.80 bits per heavy atom. The third-order valence-corrected chi connectivity index (χ3v) is 3.94. The summed E-state index contributed by atoms with van der Waals surface area (Å²) < 4.78 is 37.3. The molecule has 0 aliphatic carbocycles. The zero-order chi connectivity index (χ0) is 14.6. The van der Waals surface area contributed by atoms with Crippen LogP contribution in [0.3, 0.4) is 0 Å². The molecule has 0 saturated heterocycles. The summed E-state index contributed by atoms with van der Waals surface area (Å²) in [6.07, 6.45) is -3.51. The van der Waals surface area contributed by atoms with Crippen molar-refractivity contribution in [3.8, 4) is 0 Å². The highest BCUT2D eigenvalue weighted by Gasteiger charge is 2.30. The molecule has 0 bridgehead atoms. The molecule has 0 amide bonds. The Bertz CT molecular complexity index is 541. The topological polar surface area (TPSA) is 38.9 Å². The van der Waals surface area contributed by atoms with Gasteiger partial charge in [-0.3, -0.25) is 0 Å². The summed E-state index contributed by atoms with van der Waals surface area (Å²) >= 11 is 1.36. The number of nitrogens with two attached hydrogens (primary N) is 1. The molecule has 1 aromatic heterocycles. The molecule has 0 spiro atoms. The van der Waals surface area contributed by atoms with E-state index in [2.05, 4.69) is 4.98 Å². The van der Waals surface area contributed by atoms with Crippen LogP contribution in [0.5, 0.6) is 0 Å². The highest BCUT2D eigenvalue weighted by atomic mass is 32.2. The number of hydrogen-bond donors (Lipinski definition) is 1. The van der Waals surface area contributed by atoms with Crippen molar-refractivity contribution < 1.29 is 13.2 Å². The maximum Gasteiger partial charge on any atom is 0.417 e. The lowest BCUT2D eigenvalue weighted by Crippen LogP contribution is -2.10. The molecular formula is C14H13F3N2S. The maximum absolute atomic E-state index is 12.4. The number of nitrogens with zero attached hydrogens (tertiary/aromatic N) is 1. The number of benzene rings is 1. The van der Waals surface area contributed by atoms with E-state index in [0.29, 0.717) is 11.6 Å². The first-order valence-electron chi connectivity index (χ1n) is 5.95. The van der Waals surface area contributed by atoms with Gasteiger partial charge in [0.1, 0.15) is 0 Å². The normalized spacial score (nSPS) is 13.2. The molecule has 0 aliphatic rings. The van der Waals surface area contributed by atoms with Crippen LogP contribution >= 0.6 is 11.8 Å². The van der Waals surface area contributed by atoms with Gasteiger partial charge in [-0.15, -0.1) is 0 Å². The molecule has 2 N–H and O–H groups in total. The second-order valence-corrected chi connectivity index (χ2v) is 5.36. The maximum atomic E-state index is 12.4. The zero-order valence-corrected chi connectivity index (χ0v) is 11.3. The van der Waals surface area contributed by atoms with Crippen molar-refractivity contribution in [2.45, 2.75) is 16.5 Å². The molecule has 2 rings (SSSR count). The minimum atomic E-state index is -4.36. The van der Waals surface area contributed by atoms with Gasteiger partial charge in [0, 0.05) is 18.0 Å². The van der Waals surface area contributed by atoms with Crippen molar-refractivity contribution in [3.05, 3.63) is 59.8 Å². The highest BCUT2D eigenvalue weighted by Crippen LogP contribution is 2.35. The van der Waals surface area contributed by atoms with E-state index in [9.17, 15) is 13.2 Å². The number of alkyl halides is 3. The van der Waals surface area contributed by atoms with Crippen LogP contribution in [0.15, 0.2) is 53.7 Å². The molecule has 1 heterocycles. The van der Waals surface area contributed by atoms with E-state index in [1.165, 1.54) is 17.8 Å². The number of thioether (sulfide) groups is 1. The van der Waals surface area contributed by atoms with Gasteiger partial charge in [0.15, 0.2) is 0 Å². The van der Waals surface area contributed by atoms with E-state index in [1.807, 2.05) is 30.3 Å². The van der Waals surface area contributed by atoms with Gasteiger partial charge in [-0.1, -0.05) is 42.1 Å². The average molecular weight is 298 g/mol. The molecule has 20 heavy (non-hydrogen) atoms. The largest absolute Gasteiger partial charge is 0.417 e. The molecular weight excluding hydrogens is 285 g/mol. The second-order valence-electron chi connectivity index (χ2n) is 4.14. The minimum absolute atomic E-state index is 0.0274. The quantitative estimate of drug-likeness (QED) is 0.870. The monoisotopic (exact) mass is 298 g/mol. The van der Waals surface area contributed by atoms with Crippen molar-refractivity contribution in [2.24, 2.45) is 5.73 Å². The molecule has 0 aliphatic heterocycles. The van der Waals surface area contributed by atoms with Crippen LogP contribution in [0.4, 0.5) is 13.2 Å². The van der Waals surface area contributed by atoms with Gasteiger partial charge in [0.25, 0.3) is 0 Å². The Balaban J connectivity index is 2.13. The summed E-state index contributed by atoms with van der Waals surface area (Å²) in [5, 5.41) is 0.498. The van der Waals surface area contributed by atoms with Crippen LogP contribution in [0, 0.1) is 0 Å². The van der Waals surface area contributed by atoms with Crippen LogP contribution in [-0.4, -0.2) is 11.5 Å². The summed E-state index contributed by atoms with van der Waals surface area (Å²) in [6, 6.07) is 12.0. The zero-order valence-electron chi connectivity index (χ0n) is 10.5. The summed E-state index contributed by atoms with van der Waals surface area (Å²) in [7, 11) is 0. The lowest BCUT2D eigenvalue weighted by molar-refractivity contribution is -0.137. The number of aromatic nitrogens is 1. The van der Waals surface area contributed by atoms with Crippen LogP contribution in [0.25, 0.3) is 0 Å². The molecule has 2 nitrogen and oxygen atoms in total.